The molecule has 0 fully saturated rings. The van der Waals surface area contributed by atoms with Crippen LogP contribution in [0.3, 0.4) is 0 Å². The molecule has 0 aliphatic carbocycles. The minimum Gasteiger partial charge on any atom is -0.455 e. The fourth-order valence-electron chi connectivity index (χ4n) is 2.54. The molecule has 2 aromatic carbocycles. The van der Waals surface area contributed by atoms with Crippen LogP contribution in [0.5, 0.6) is 11.5 Å². The highest BCUT2D eigenvalue weighted by Crippen LogP contribution is 2.36. The van der Waals surface area contributed by atoms with Gasteiger partial charge in [-0.1, -0.05) is 31.2 Å². The lowest BCUT2D eigenvalue weighted by Crippen LogP contribution is -2.14. The van der Waals surface area contributed by atoms with Crippen LogP contribution in [0.25, 0.3) is 0 Å². The van der Waals surface area contributed by atoms with Crippen molar-refractivity contribution in [1.82, 2.24) is 0 Å². The summed E-state index contributed by atoms with van der Waals surface area (Å²) < 4.78 is 29.8. The average molecular weight is 319 g/mol. The van der Waals surface area contributed by atoms with Gasteiger partial charge in [0.05, 0.1) is 0 Å². The lowest BCUT2D eigenvalue weighted by Gasteiger charge is -2.18. The van der Waals surface area contributed by atoms with E-state index in [2.05, 4.69) is 0 Å². The van der Waals surface area contributed by atoms with Gasteiger partial charge in [0.25, 0.3) is 0 Å². The first-order valence-electron chi connectivity index (χ1n) is 7.15. The van der Waals surface area contributed by atoms with Crippen LogP contribution >= 0.6 is 0 Å². The second-order valence-electron chi connectivity index (χ2n) is 5.41. The highest BCUT2D eigenvalue weighted by atomic mass is 32.2. The zero-order chi connectivity index (χ0) is 16.5. The number of hydrogen-bond acceptors (Lipinski definition) is 3. The van der Waals surface area contributed by atoms with Gasteiger partial charge in [0.2, 0.25) is 10.0 Å². The average Bonchev–Trinajstić information content (AvgIpc) is 2.41. The molecule has 22 heavy (non-hydrogen) atoms. The van der Waals surface area contributed by atoms with Gasteiger partial charge in [-0.3, -0.25) is 0 Å². The SMILES string of the molecule is CCc1c(C)ccc(S(N)(=O)=O)c1Oc1c(C)cccc1C. The second kappa shape index (κ2) is 6.10. The van der Waals surface area contributed by atoms with Gasteiger partial charge in [-0.15, -0.1) is 0 Å². The molecule has 4 nitrogen and oxygen atoms in total. The maximum atomic E-state index is 11.9. The highest BCUT2D eigenvalue weighted by Gasteiger charge is 2.21. The predicted molar refractivity (Wildman–Crippen MR) is 87.9 cm³/mol. The number of aryl methyl sites for hydroxylation is 3. The normalized spacial score (nSPS) is 11.5. The minimum absolute atomic E-state index is 0.0256. The van der Waals surface area contributed by atoms with Gasteiger partial charge >= 0.3 is 0 Å². The molecule has 0 atom stereocenters. The fourth-order valence-corrected chi connectivity index (χ4v) is 3.22. The van der Waals surface area contributed by atoms with E-state index in [1.165, 1.54) is 6.07 Å². The summed E-state index contributed by atoms with van der Waals surface area (Å²) in [6, 6.07) is 9.07. The Balaban J connectivity index is 2.70. The van der Waals surface area contributed by atoms with E-state index in [9.17, 15) is 8.42 Å². The zero-order valence-corrected chi connectivity index (χ0v) is 14.1. The van der Waals surface area contributed by atoms with Gasteiger partial charge in [0, 0.05) is 0 Å². The molecule has 0 spiro atoms. The molecule has 0 aliphatic heterocycles. The first-order chi connectivity index (χ1) is 10.3. The molecule has 5 heteroatoms. The van der Waals surface area contributed by atoms with Crippen molar-refractivity contribution in [2.45, 2.75) is 39.0 Å². The molecule has 0 radical (unpaired) electrons. The highest BCUT2D eigenvalue weighted by molar-refractivity contribution is 7.89. The Kier molecular flexibility index (Phi) is 4.58. The maximum Gasteiger partial charge on any atom is 0.241 e. The number of rotatable bonds is 4. The predicted octanol–water partition coefficient (Wildman–Crippen LogP) is 3.61. The van der Waals surface area contributed by atoms with E-state index < -0.39 is 10.0 Å². The standard InChI is InChI=1S/C17H21NO3S/c1-5-14-11(2)9-10-15(22(18,19)20)17(14)21-16-12(3)7-6-8-13(16)4/h6-10H,5H2,1-4H3,(H2,18,19,20). The number of benzene rings is 2. The quantitative estimate of drug-likeness (QED) is 0.936. The van der Waals surface area contributed by atoms with E-state index in [-0.39, 0.29) is 4.90 Å². The molecule has 0 amide bonds. The summed E-state index contributed by atoms with van der Waals surface area (Å²) in [6.07, 6.45) is 0.662. The molecule has 0 aliphatic rings. The Labute approximate surface area is 132 Å². The molecule has 0 saturated heterocycles. The summed E-state index contributed by atoms with van der Waals surface area (Å²) >= 11 is 0. The Hall–Kier alpha value is -1.85. The minimum atomic E-state index is -3.85. The van der Waals surface area contributed by atoms with Gasteiger partial charge in [-0.2, -0.15) is 0 Å². The van der Waals surface area contributed by atoms with Crippen molar-refractivity contribution in [2.75, 3.05) is 0 Å². The van der Waals surface area contributed by atoms with Crippen LogP contribution in [-0.4, -0.2) is 8.42 Å². The first kappa shape index (κ1) is 16.5. The summed E-state index contributed by atoms with van der Waals surface area (Å²) in [5, 5.41) is 5.35. The van der Waals surface area contributed by atoms with Crippen LogP contribution in [0.15, 0.2) is 35.2 Å². The lowest BCUT2D eigenvalue weighted by molar-refractivity contribution is 0.454. The van der Waals surface area contributed by atoms with Gasteiger partial charge in [0.15, 0.2) is 5.75 Å². The zero-order valence-electron chi connectivity index (χ0n) is 13.3. The van der Waals surface area contributed by atoms with Crippen molar-refractivity contribution >= 4 is 10.0 Å². The molecule has 118 valence electrons. The third-order valence-electron chi connectivity index (χ3n) is 3.73. The summed E-state index contributed by atoms with van der Waals surface area (Å²) in [7, 11) is -3.85. The molecular weight excluding hydrogens is 298 g/mol. The van der Waals surface area contributed by atoms with Gasteiger partial charge in [-0.25, -0.2) is 13.6 Å². The molecule has 0 saturated carbocycles. The van der Waals surface area contributed by atoms with E-state index in [4.69, 9.17) is 9.88 Å². The van der Waals surface area contributed by atoms with E-state index in [0.29, 0.717) is 17.9 Å². The van der Waals surface area contributed by atoms with Gasteiger partial charge in [0.1, 0.15) is 10.6 Å². The smallest absolute Gasteiger partial charge is 0.241 e. The van der Waals surface area contributed by atoms with Crippen LogP contribution in [0.2, 0.25) is 0 Å². The first-order valence-corrected chi connectivity index (χ1v) is 8.69. The number of hydrogen-bond donors (Lipinski definition) is 1. The van der Waals surface area contributed by atoms with Crippen LogP contribution in [-0.2, 0) is 16.4 Å². The summed E-state index contributed by atoms with van der Waals surface area (Å²) in [6.45, 7) is 7.76. The largest absolute Gasteiger partial charge is 0.455 e. The third-order valence-corrected chi connectivity index (χ3v) is 4.67. The van der Waals surface area contributed by atoms with Crippen molar-refractivity contribution in [3.8, 4) is 11.5 Å². The number of para-hydroxylation sites is 1. The molecule has 0 aromatic heterocycles. The van der Waals surface area contributed by atoms with Crippen LogP contribution in [0, 0.1) is 20.8 Å². The Morgan fingerprint density at radius 2 is 1.55 bits per heavy atom. The topological polar surface area (TPSA) is 69.4 Å². The molecule has 2 aromatic rings. The molecule has 0 unspecified atom stereocenters. The van der Waals surface area contributed by atoms with E-state index in [1.54, 1.807) is 6.07 Å². The Morgan fingerprint density at radius 3 is 2.05 bits per heavy atom. The van der Waals surface area contributed by atoms with Gasteiger partial charge in [-0.05, 0) is 55.5 Å². The summed E-state index contributed by atoms with van der Waals surface area (Å²) in [5.74, 6) is 1.01. The van der Waals surface area contributed by atoms with Crippen LogP contribution in [0.4, 0.5) is 0 Å². The van der Waals surface area contributed by atoms with Crippen molar-refractivity contribution in [3.63, 3.8) is 0 Å². The number of primary sulfonamides is 1. The monoisotopic (exact) mass is 319 g/mol. The lowest BCUT2D eigenvalue weighted by atomic mass is 10.0. The summed E-state index contributed by atoms with van der Waals surface area (Å²) in [5.41, 5.74) is 3.73. The second-order valence-corrected chi connectivity index (χ2v) is 6.94. The summed E-state index contributed by atoms with van der Waals surface area (Å²) in [4.78, 5) is 0.0256. The van der Waals surface area contributed by atoms with E-state index in [0.717, 1.165) is 22.3 Å². The molecule has 2 N–H and O–H groups in total. The number of ether oxygens (including phenoxy) is 1. The third kappa shape index (κ3) is 3.15. The van der Waals surface area contributed by atoms with Gasteiger partial charge < -0.3 is 4.74 Å². The van der Waals surface area contributed by atoms with E-state index in [1.807, 2.05) is 45.9 Å². The Bertz CT molecular complexity index is 791. The van der Waals surface area contributed by atoms with Crippen LogP contribution < -0.4 is 9.88 Å². The number of nitrogens with two attached hydrogens (primary N) is 1. The fraction of sp³-hybridized carbons (Fsp3) is 0.294. The van der Waals surface area contributed by atoms with Crippen molar-refractivity contribution < 1.29 is 13.2 Å². The maximum absolute atomic E-state index is 11.9. The van der Waals surface area contributed by atoms with Crippen molar-refractivity contribution in [3.05, 3.63) is 52.6 Å². The number of sulfonamides is 1. The molecular formula is C17H21NO3S. The molecule has 0 heterocycles. The molecule has 2 rings (SSSR count). The Morgan fingerprint density at radius 1 is 0.955 bits per heavy atom. The van der Waals surface area contributed by atoms with E-state index >= 15 is 0 Å². The van der Waals surface area contributed by atoms with Crippen LogP contribution in [0.1, 0.15) is 29.2 Å². The van der Waals surface area contributed by atoms with Crippen molar-refractivity contribution in [2.24, 2.45) is 5.14 Å². The molecule has 0 bridgehead atoms. The van der Waals surface area contributed by atoms with Crippen molar-refractivity contribution in [1.29, 1.82) is 0 Å².